The molecule has 124 valence electrons. The zero-order chi connectivity index (χ0) is 16.7. The summed E-state index contributed by atoms with van der Waals surface area (Å²) in [6, 6.07) is 3.20. The monoisotopic (exact) mass is 343 g/mol. The number of thiazole rings is 1. The molecule has 1 aliphatic rings. The topological polar surface area (TPSA) is 83.4 Å². The summed E-state index contributed by atoms with van der Waals surface area (Å²) in [4.78, 5) is 36.2. The van der Waals surface area contributed by atoms with E-state index in [0.29, 0.717) is 22.8 Å². The van der Waals surface area contributed by atoms with Crippen LogP contribution in [0.3, 0.4) is 0 Å². The van der Waals surface area contributed by atoms with Gasteiger partial charge in [0.25, 0.3) is 11.5 Å². The summed E-state index contributed by atoms with van der Waals surface area (Å²) in [7, 11) is 0. The van der Waals surface area contributed by atoms with Crippen LogP contribution in [0.2, 0.25) is 0 Å². The van der Waals surface area contributed by atoms with Crippen molar-refractivity contribution in [3.63, 3.8) is 0 Å². The molecule has 0 spiro atoms. The van der Waals surface area contributed by atoms with Gasteiger partial charge >= 0.3 is 0 Å². The number of likely N-dealkylation sites (tertiary alicyclic amines) is 1. The van der Waals surface area contributed by atoms with E-state index in [1.54, 1.807) is 11.7 Å². The Kier molecular flexibility index (Phi) is 3.68. The number of amides is 1. The summed E-state index contributed by atoms with van der Waals surface area (Å²) >= 11 is 1.34. The predicted octanol–water partition coefficient (Wildman–Crippen LogP) is 2.15. The van der Waals surface area contributed by atoms with Gasteiger partial charge in [-0.05, 0) is 26.2 Å². The van der Waals surface area contributed by atoms with E-state index in [2.05, 4.69) is 15.1 Å². The quantitative estimate of drug-likeness (QED) is 0.773. The molecule has 1 amide bonds. The van der Waals surface area contributed by atoms with Crippen LogP contribution in [0, 0.1) is 6.92 Å². The molecular formula is C16H17N5O2S. The maximum absolute atomic E-state index is 12.8. The van der Waals surface area contributed by atoms with Crippen molar-refractivity contribution >= 4 is 22.9 Å². The van der Waals surface area contributed by atoms with Crippen molar-refractivity contribution in [2.45, 2.75) is 32.2 Å². The van der Waals surface area contributed by atoms with Crippen LogP contribution in [0.4, 0.5) is 0 Å². The molecule has 0 unspecified atom stereocenters. The first kappa shape index (κ1) is 15.1. The normalized spacial score (nSPS) is 18.2. The second-order valence-electron chi connectivity index (χ2n) is 6.03. The summed E-state index contributed by atoms with van der Waals surface area (Å²) in [5.41, 5.74) is 3.63. The molecule has 3 aromatic rings. The summed E-state index contributed by atoms with van der Waals surface area (Å²) in [5.74, 6) is -0.0329. The number of carbonyl (C=O) groups excluding carboxylic acids is 1. The minimum atomic E-state index is -0.166. The largest absolute Gasteiger partial charge is 0.329 e. The molecule has 1 fully saturated rings. The Morgan fingerprint density at radius 1 is 1.38 bits per heavy atom. The van der Waals surface area contributed by atoms with E-state index >= 15 is 0 Å². The smallest absolute Gasteiger partial charge is 0.272 e. The molecule has 1 saturated heterocycles. The average molecular weight is 343 g/mol. The van der Waals surface area contributed by atoms with Gasteiger partial charge in [-0.25, -0.2) is 9.50 Å². The zero-order valence-electron chi connectivity index (χ0n) is 13.2. The molecule has 0 saturated carbocycles. The lowest BCUT2D eigenvalue weighted by molar-refractivity contribution is 0.0611. The summed E-state index contributed by atoms with van der Waals surface area (Å²) in [6.07, 6.45) is 4.39. The van der Waals surface area contributed by atoms with Crippen molar-refractivity contribution < 1.29 is 4.79 Å². The highest BCUT2D eigenvalue weighted by molar-refractivity contribution is 7.11. The molecule has 3 aromatic heterocycles. The van der Waals surface area contributed by atoms with Gasteiger partial charge in [-0.15, -0.1) is 11.3 Å². The number of fused-ring (bicyclic) bond motifs is 1. The Labute approximate surface area is 142 Å². The Morgan fingerprint density at radius 3 is 3.04 bits per heavy atom. The molecule has 7 nitrogen and oxygen atoms in total. The molecule has 1 aliphatic heterocycles. The number of H-pyrrole nitrogens is 1. The van der Waals surface area contributed by atoms with Crippen LogP contribution in [-0.2, 0) is 0 Å². The molecule has 0 radical (unpaired) electrons. The van der Waals surface area contributed by atoms with E-state index in [1.807, 2.05) is 17.9 Å². The van der Waals surface area contributed by atoms with Gasteiger partial charge in [0.1, 0.15) is 4.88 Å². The lowest BCUT2D eigenvalue weighted by Crippen LogP contribution is -2.39. The van der Waals surface area contributed by atoms with Gasteiger partial charge in [0.05, 0.1) is 23.4 Å². The Bertz CT molecular complexity index is 943. The third-order valence-corrected chi connectivity index (χ3v) is 5.11. The maximum atomic E-state index is 12.8. The molecule has 8 heteroatoms. The number of hydrogen-bond acceptors (Lipinski definition) is 5. The van der Waals surface area contributed by atoms with Gasteiger partial charge in [0.2, 0.25) is 0 Å². The number of nitrogens with zero attached hydrogens (tertiary/aromatic N) is 4. The lowest BCUT2D eigenvalue weighted by Gasteiger charge is -2.35. The molecule has 4 heterocycles. The highest BCUT2D eigenvalue weighted by atomic mass is 32.1. The average Bonchev–Trinajstić information content (AvgIpc) is 3.23. The standard InChI is InChI=1S/C16H17N5O2S/c1-10-6-14-18-11(7-15(22)21(14)19-10)12-4-2-3-5-20(12)16(23)13-8-17-9-24-13/h6-9,12,19H,2-5H2,1H3/t12-/m1/s1. The molecular weight excluding hydrogens is 326 g/mol. The third kappa shape index (κ3) is 2.52. The number of aryl methyl sites for hydroxylation is 1. The zero-order valence-corrected chi connectivity index (χ0v) is 14.0. The first-order valence-corrected chi connectivity index (χ1v) is 8.80. The van der Waals surface area contributed by atoms with Crippen molar-refractivity contribution in [1.82, 2.24) is 24.5 Å². The molecule has 24 heavy (non-hydrogen) atoms. The maximum Gasteiger partial charge on any atom is 0.272 e. The number of aromatic nitrogens is 4. The van der Waals surface area contributed by atoms with Gasteiger partial charge in [-0.2, -0.15) is 0 Å². The van der Waals surface area contributed by atoms with Crippen LogP contribution in [0.1, 0.15) is 46.4 Å². The Balaban J connectivity index is 1.75. The fourth-order valence-electron chi connectivity index (χ4n) is 3.25. The van der Waals surface area contributed by atoms with Crippen LogP contribution >= 0.6 is 11.3 Å². The second-order valence-corrected chi connectivity index (χ2v) is 6.91. The van der Waals surface area contributed by atoms with Gasteiger partial charge in [-0.3, -0.25) is 19.7 Å². The third-order valence-electron chi connectivity index (χ3n) is 4.35. The fraction of sp³-hybridized carbons (Fsp3) is 0.375. The van der Waals surface area contributed by atoms with Crippen molar-refractivity contribution in [2.24, 2.45) is 0 Å². The first-order valence-electron chi connectivity index (χ1n) is 7.92. The number of rotatable bonds is 2. The van der Waals surface area contributed by atoms with E-state index in [0.717, 1.165) is 25.0 Å². The second kappa shape index (κ2) is 5.86. The Hall–Kier alpha value is -2.48. The van der Waals surface area contributed by atoms with Gasteiger partial charge in [0.15, 0.2) is 5.65 Å². The number of aromatic amines is 1. The van der Waals surface area contributed by atoms with E-state index < -0.39 is 0 Å². The van der Waals surface area contributed by atoms with E-state index in [9.17, 15) is 9.59 Å². The predicted molar refractivity (Wildman–Crippen MR) is 90.3 cm³/mol. The molecule has 0 aromatic carbocycles. The highest BCUT2D eigenvalue weighted by Gasteiger charge is 2.31. The number of piperidine rings is 1. The fourth-order valence-corrected chi connectivity index (χ4v) is 3.82. The molecule has 0 bridgehead atoms. The van der Waals surface area contributed by atoms with Crippen LogP contribution in [0.25, 0.3) is 5.65 Å². The number of nitrogens with one attached hydrogen (secondary N) is 1. The summed E-state index contributed by atoms with van der Waals surface area (Å²) in [6.45, 7) is 2.56. The van der Waals surface area contributed by atoms with Crippen LogP contribution in [-0.4, -0.2) is 36.9 Å². The van der Waals surface area contributed by atoms with Crippen molar-refractivity contribution in [3.8, 4) is 0 Å². The first-order chi connectivity index (χ1) is 11.6. The van der Waals surface area contributed by atoms with Gasteiger partial charge < -0.3 is 4.90 Å². The minimum Gasteiger partial charge on any atom is -0.329 e. The summed E-state index contributed by atoms with van der Waals surface area (Å²) < 4.78 is 1.43. The van der Waals surface area contributed by atoms with Crippen LogP contribution in [0.5, 0.6) is 0 Å². The van der Waals surface area contributed by atoms with Gasteiger partial charge in [-0.1, -0.05) is 0 Å². The van der Waals surface area contributed by atoms with Crippen molar-refractivity contribution in [3.05, 3.63) is 50.5 Å². The highest BCUT2D eigenvalue weighted by Crippen LogP contribution is 2.31. The lowest BCUT2D eigenvalue weighted by atomic mass is 9.99. The molecule has 1 atom stereocenters. The van der Waals surface area contributed by atoms with Crippen molar-refractivity contribution in [2.75, 3.05) is 6.54 Å². The van der Waals surface area contributed by atoms with E-state index in [1.165, 1.54) is 21.9 Å². The SMILES string of the molecule is Cc1cc2nc([C@H]3CCCCN3C(=O)c3cncs3)cc(=O)n2[nH]1. The van der Waals surface area contributed by atoms with Crippen LogP contribution < -0.4 is 5.56 Å². The van der Waals surface area contributed by atoms with Gasteiger partial charge in [0, 0.05) is 24.4 Å². The minimum absolute atomic E-state index is 0.0329. The van der Waals surface area contributed by atoms with E-state index in [-0.39, 0.29) is 17.5 Å². The Morgan fingerprint density at radius 2 is 2.25 bits per heavy atom. The van der Waals surface area contributed by atoms with Crippen LogP contribution in [0.15, 0.2) is 28.6 Å². The summed E-state index contributed by atoms with van der Waals surface area (Å²) in [5, 5.41) is 2.97. The number of carbonyl (C=O) groups is 1. The molecule has 0 aliphatic carbocycles. The number of hydrogen-bond donors (Lipinski definition) is 1. The van der Waals surface area contributed by atoms with Crippen molar-refractivity contribution in [1.29, 1.82) is 0 Å². The molecule has 1 N–H and O–H groups in total. The van der Waals surface area contributed by atoms with E-state index in [4.69, 9.17) is 0 Å². The molecule has 4 rings (SSSR count).